The SMILES string of the molecule is C[C@@H](OC(=O)Cc1csc(-c2cccnc2)n1)C(=O)Nc1c(F)cccc1F. The minimum atomic E-state index is -1.23. The van der Waals surface area contributed by atoms with Gasteiger partial charge in [0.25, 0.3) is 5.91 Å². The molecule has 0 aliphatic rings. The van der Waals surface area contributed by atoms with Gasteiger partial charge in [-0.25, -0.2) is 13.8 Å². The molecule has 2 aromatic heterocycles. The number of pyridine rings is 1. The van der Waals surface area contributed by atoms with E-state index in [1.54, 1.807) is 23.8 Å². The molecule has 0 saturated heterocycles. The molecule has 0 bridgehead atoms. The Balaban J connectivity index is 1.57. The first kappa shape index (κ1) is 19.6. The summed E-state index contributed by atoms with van der Waals surface area (Å²) in [4.78, 5) is 32.5. The molecule has 6 nitrogen and oxygen atoms in total. The van der Waals surface area contributed by atoms with Crippen molar-refractivity contribution in [3.8, 4) is 10.6 Å². The molecule has 0 radical (unpaired) electrons. The number of nitrogens with one attached hydrogen (secondary N) is 1. The van der Waals surface area contributed by atoms with Crippen LogP contribution in [0.25, 0.3) is 10.6 Å². The number of hydrogen-bond acceptors (Lipinski definition) is 6. The van der Waals surface area contributed by atoms with Gasteiger partial charge in [0, 0.05) is 23.3 Å². The maximum atomic E-state index is 13.6. The Morgan fingerprint density at radius 2 is 1.96 bits per heavy atom. The van der Waals surface area contributed by atoms with Crippen LogP contribution >= 0.6 is 11.3 Å². The summed E-state index contributed by atoms with van der Waals surface area (Å²) >= 11 is 1.35. The highest BCUT2D eigenvalue weighted by molar-refractivity contribution is 7.13. The van der Waals surface area contributed by atoms with Crippen molar-refractivity contribution in [3.05, 3.63) is 65.4 Å². The second-order valence-electron chi connectivity index (χ2n) is 5.78. The van der Waals surface area contributed by atoms with Crippen molar-refractivity contribution in [3.63, 3.8) is 0 Å². The zero-order valence-electron chi connectivity index (χ0n) is 14.7. The summed E-state index contributed by atoms with van der Waals surface area (Å²) in [5.41, 5.74) is 0.726. The van der Waals surface area contributed by atoms with Crippen LogP contribution in [-0.4, -0.2) is 27.9 Å². The highest BCUT2D eigenvalue weighted by Crippen LogP contribution is 2.23. The van der Waals surface area contributed by atoms with Gasteiger partial charge in [0.15, 0.2) is 6.10 Å². The summed E-state index contributed by atoms with van der Waals surface area (Å²) in [6, 6.07) is 6.83. The maximum Gasteiger partial charge on any atom is 0.312 e. The summed E-state index contributed by atoms with van der Waals surface area (Å²) in [5.74, 6) is -3.36. The van der Waals surface area contributed by atoms with E-state index in [4.69, 9.17) is 4.74 Å². The van der Waals surface area contributed by atoms with Gasteiger partial charge in [-0.15, -0.1) is 11.3 Å². The van der Waals surface area contributed by atoms with Gasteiger partial charge in [0.1, 0.15) is 22.3 Å². The highest BCUT2D eigenvalue weighted by atomic mass is 32.1. The number of para-hydroxylation sites is 1. The monoisotopic (exact) mass is 403 g/mol. The largest absolute Gasteiger partial charge is 0.452 e. The van der Waals surface area contributed by atoms with E-state index in [2.05, 4.69) is 15.3 Å². The smallest absolute Gasteiger partial charge is 0.312 e. The van der Waals surface area contributed by atoms with Crippen LogP contribution in [0.1, 0.15) is 12.6 Å². The molecule has 2 heterocycles. The fourth-order valence-electron chi connectivity index (χ4n) is 2.29. The number of rotatable bonds is 6. The fourth-order valence-corrected chi connectivity index (χ4v) is 3.10. The minimum absolute atomic E-state index is 0.136. The van der Waals surface area contributed by atoms with Gasteiger partial charge in [0.2, 0.25) is 0 Å². The average molecular weight is 403 g/mol. The van der Waals surface area contributed by atoms with E-state index in [-0.39, 0.29) is 6.42 Å². The van der Waals surface area contributed by atoms with Crippen LogP contribution < -0.4 is 5.32 Å². The third-order valence-electron chi connectivity index (χ3n) is 3.67. The fraction of sp³-hybridized carbons (Fsp3) is 0.158. The number of benzene rings is 1. The van der Waals surface area contributed by atoms with Crippen molar-refractivity contribution in [2.24, 2.45) is 0 Å². The quantitative estimate of drug-likeness (QED) is 0.636. The van der Waals surface area contributed by atoms with Crippen LogP contribution in [-0.2, 0) is 20.7 Å². The second-order valence-corrected chi connectivity index (χ2v) is 6.64. The van der Waals surface area contributed by atoms with Gasteiger partial charge in [0.05, 0.1) is 12.1 Å². The molecule has 0 saturated carbocycles. The van der Waals surface area contributed by atoms with Gasteiger partial charge < -0.3 is 10.1 Å². The lowest BCUT2D eigenvalue weighted by molar-refractivity contribution is -0.152. The van der Waals surface area contributed by atoms with E-state index < -0.39 is 35.3 Å². The Labute approximate surface area is 163 Å². The Bertz CT molecular complexity index is 975. The number of thiazole rings is 1. The molecule has 28 heavy (non-hydrogen) atoms. The Kier molecular flexibility index (Phi) is 6.05. The number of ether oxygens (including phenoxy) is 1. The first-order valence-electron chi connectivity index (χ1n) is 8.23. The molecule has 1 atom stereocenters. The van der Waals surface area contributed by atoms with Gasteiger partial charge in [-0.2, -0.15) is 0 Å². The van der Waals surface area contributed by atoms with Gasteiger partial charge in [-0.1, -0.05) is 6.07 Å². The third kappa shape index (κ3) is 4.74. The average Bonchev–Trinajstić information content (AvgIpc) is 3.13. The number of esters is 1. The normalized spacial score (nSPS) is 11.7. The molecule has 0 aliphatic heterocycles. The third-order valence-corrected chi connectivity index (χ3v) is 4.61. The van der Waals surface area contributed by atoms with Crippen molar-refractivity contribution in [1.82, 2.24) is 9.97 Å². The standard InChI is InChI=1S/C19H15F2N3O3S/c1-11(18(26)24-17-14(20)5-2-6-15(17)21)27-16(25)8-13-10-28-19(23-13)12-4-3-7-22-9-12/h2-7,9-11H,8H2,1H3,(H,24,26)/t11-/m1/s1. The van der Waals surface area contributed by atoms with Crippen molar-refractivity contribution in [1.29, 1.82) is 0 Å². The molecule has 9 heteroatoms. The second kappa shape index (κ2) is 8.66. The molecule has 0 unspecified atom stereocenters. The molecule has 3 rings (SSSR count). The van der Waals surface area contributed by atoms with E-state index in [1.807, 2.05) is 6.07 Å². The Morgan fingerprint density at radius 1 is 1.21 bits per heavy atom. The molecule has 1 amide bonds. The number of aromatic nitrogens is 2. The van der Waals surface area contributed by atoms with Crippen LogP contribution in [0, 0.1) is 11.6 Å². The number of carbonyl (C=O) groups is 2. The van der Waals surface area contributed by atoms with E-state index in [1.165, 1.54) is 24.3 Å². The van der Waals surface area contributed by atoms with Crippen LogP contribution in [0.4, 0.5) is 14.5 Å². The number of halogens is 2. The van der Waals surface area contributed by atoms with Crippen molar-refractivity contribution < 1.29 is 23.1 Å². The van der Waals surface area contributed by atoms with Crippen LogP contribution in [0.15, 0.2) is 48.1 Å². The summed E-state index contributed by atoms with van der Waals surface area (Å²) in [6.07, 6.45) is 1.94. The predicted molar refractivity (Wildman–Crippen MR) is 99.6 cm³/mol. The molecular formula is C19H15F2N3O3S. The van der Waals surface area contributed by atoms with Crippen LogP contribution in [0.2, 0.25) is 0 Å². The van der Waals surface area contributed by atoms with Crippen molar-refractivity contribution >= 4 is 28.9 Å². The van der Waals surface area contributed by atoms with E-state index in [0.717, 1.165) is 17.7 Å². The minimum Gasteiger partial charge on any atom is -0.452 e. The van der Waals surface area contributed by atoms with Crippen molar-refractivity contribution in [2.45, 2.75) is 19.4 Å². The summed E-state index contributed by atoms with van der Waals surface area (Å²) in [6.45, 7) is 1.31. The number of hydrogen-bond donors (Lipinski definition) is 1. The highest BCUT2D eigenvalue weighted by Gasteiger charge is 2.21. The lowest BCUT2D eigenvalue weighted by Crippen LogP contribution is -2.31. The number of anilines is 1. The van der Waals surface area contributed by atoms with E-state index in [9.17, 15) is 18.4 Å². The number of amides is 1. The topological polar surface area (TPSA) is 81.2 Å². The molecular weight excluding hydrogens is 388 g/mol. The number of nitrogens with zero attached hydrogens (tertiary/aromatic N) is 2. The molecule has 144 valence electrons. The Morgan fingerprint density at radius 3 is 2.64 bits per heavy atom. The zero-order valence-corrected chi connectivity index (χ0v) is 15.5. The Hall–Kier alpha value is -3.20. The molecule has 1 N–H and O–H groups in total. The summed E-state index contributed by atoms with van der Waals surface area (Å²) < 4.78 is 32.2. The van der Waals surface area contributed by atoms with Crippen molar-refractivity contribution in [2.75, 3.05) is 5.32 Å². The lowest BCUT2D eigenvalue weighted by Gasteiger charge is -2.14. The summed E-state index contributed by atoms with van der Waals surface area (Å²) in [5, 5.41) is 4.50. The zero-order chi connectivity index (χ0) is 20.1. The molecule has 3 aromatic rings. The lowest BCUT2D eigenvalue weighted by atomic mass is 10.2. The molecule has 0 fully saturated rings. The van der Waals surface area contributed by atoms with Crippen LogP contribution in [0.5, 0.6) is 0 Å². The maximum absolute atomic E-state index is 13.6. The van der Waals surface area contributed by atoms with E-state index in [0.29, 0.717) is 10.7 Å². The van der Waals surface area contributed by atoms with Crippen LogP contribution in [0.3, 0.4) is 0 Å². The predicted octanol–water partition coefficient (Wildman–Crippen LogP) is 3.60. The first-order chi connectivity index (χ1) is 13.4. The molecule has 1 aromatic carbocycles. The first-order valence-corrected chi connectivity index (χ1v) is 9.11. The van der Waals surface area contributed by atoms with Gasteiger partial charge >= 0.3 is 5.97 Å². The van der Waals surface area contributed by atoms with E-state index >= 15 is 0 Å². The van der Waals surface area contributed by atoms with Gasteiger partial charge in [-0.05, 0) is 31.2 Å². The molecule has 0 spiro atoms. The van der Waals surface area contributed by atoms with Gasteiger partial charge in [-0.3, -0.25) is 14.6 Å². The molecule has 0 aliphatic carbocycles. The summed E-state index contributed by atoms with van der Waals surface area (Å²) in [7, 11) is 0. The number of carbonyl (C=O) groups excluding carboxylic acids is 2.